The topological polar surface area (TPSA) is 101 Å². The molecule has 0 atom stereocenters. The van der Waals surface area contributed by atoms with Gasteiger partial charge in [-0.3, -0.25) is 14.4 Å². The van der Waals surface area contributed by atoms with Gasteiger partial charge in [0.25, 0.3) is 0 Å². The largest absolute Gasteiger partial charge is 0.478 e. The lowest BCUT2D eigenvalue weighted by Gasteiger charge is -2.10. The predicted octanol–water partition coefficient (Wildman–Crippen LogP) is 4.72. The molecule has 6 heteroatoms. The van der Waals surface area contributed by atoms with Crippen molar-refractivity contribution in [3.8, 4) is 22.5 Å². The summed E-state index contributed by atoms with van der Waals surface area (Å²) < 4.78 is 0. The standard InChI is InChI=1S/C24H19NO5/c1-13(26)18-9-7-16(11-20(18)14(2)27)22-5-4-6-23(25-22)17-8-10-19(24(29)30)21(12-17)15(3)28/h4-12H,1-3H3,(H,29,30). The first-order valence-electron chi connectivity index (χ1n) is 9.21. The van der Waals surface area contributed by atoms with Gasteiger partial charge in [-0.1, -0.05) is 24.3 Å². The van der Waals surface area contributed by atoms with Gasteiger partial charge in [0.1, 0.15) is 0 Å². The first-order valence-corrected chi connectivity index (χ1v) is 9.21. The van der Waals surface area contributed by atoms with E-state index in [1.807, 2.05) is 0 Å². The monoisotopic (exact) mass is 401 g/mol. The van der Waals surface area contributed by atoms with Gasteiger partial charge in [-0.15, -0.1) is 0 Å². The minimum atomic E-state index is -1.17. The van der Waals surface area contributed by atoms with Crippen molar-refractivity contribution in [2.75, 3.05) is 0 Å². The second kappa shape index (κ2) is 8.21. The van der Waals surface area contributed by atoms with Crippen LogP contribution in [0.3, 0.4) is 0 Å². The number of hydrogen-bond donors (Lipinski definition) is 1. The molecule has 1 aromatic heterocycles. The van der Waals surface area contributed by atoms with Crippen molar-refractivity contribution in [2.24, 2.45) is 0 Å². The molecule has 150 valence electrons. The number of rotatable bonds is 6. The van der Waals surface area contributed by atoms with E-state index in [9.17, 15) is 24.3 Å². The summed E-state index contributed by atoms with van der Waals surface area (Å²) in [6.45, 7) is 4.13. The van der Waals surface area contributed by atoms with Gasteiger partial charge in [0.2, 0.25) is 0 Å². The van der Waals surface area contributed by atoms with Crippen molar-refractivity contribution in [3.63, 3.8) is 0 Å². The molecule has 2 aromatic carbocycles. The Labute approximate surface area is 173 Å². The fourth-order valence-electron chi connectivity index (χ4n) is 3.24. The summed E-state index contributed by atoms with van der Waals surface area (Å²) in [7, 11) is 0. The van der Waals surface area contributed by atoms with Crippen molar-refractivity contribution < 1.29 is 24.3 Å². The van der Waals surface area contributed by atoms with E-state index in [-0.39, 0.29) is 28.5 Å². The second-order valence-corrected chi connectivity index (χ2v) is 6.90. The Balaban J connectivity index is 2.10. The molecular formula is C24H19NO5. The van der Waals surface area contributed by atoms with Crippen LogP contribution in [0, 0.1) is 0 Å². The molecule has 0 saturated carbocycles. The zero-order chi connectivity index (χ0) is 22.0. The Kier molecular flexibility index (Phi) is 5.69. The van der Waals surface area contributed by atoms with Crippen LogP contribution in [0.15, 0.2) is 54.6 Å². The van der Waals surface area contributed by atoms with Crippen LogP contribution in [0.4, 0.5) is 0 Å². The van der Waals surface area contributed by atoms with Gasteiger partial charge in [-0.05, 0) is 51.1 Å². The van der Waals surface area contributed by atoms with Crippen LogP contribution >= 0.6 is 0 Å². The Hall–Kier alpha value is -3.93. The predicted molar refractivity (Wildman–Crippen MR) is 112 cm³/mol. The van der Waals surface area contributed by atoms with Gasteiger partial charge in [-0.2, -0.15) is 0 Å². The van der Waals surface area contributed by atoms with Crippen LogP contribution in [-0.4, -0.2) is 33.4 Å². The normalized spacial score (nSPS) is 10.5. The average Bonchev–Trinajstić information content (AvgIpc) is 2.72. The van der Waals surface area contributed by atoms with Crippen LogP contribution in [0.1, 0.15) is 62.2 Å². The quantitative estimate of drug-likeness (QED) is 0.600. The Bertz CT molecular complexity index is 1120. The van der Waals surface area contributed by atoms with Gasteiger partial charge >= 0.3 is 5.97 Å². The van der Waals surface area contributed by atoms with E-state index in [0.717, 1.165) is 0 Å². The smallest absolute Gasteiger partial charge is 0.336 e. The number of nitrogens with zero attached hydrogens (tertiary/aromatic N) is 1. The third kappa shape index (κ3) is 4.07. The molecule has 0 fully saturated rings. The van der Waals surface area contributed by atoms with Gasteiger partial charge in [0.15, 0.2) is 17.3 Å². The highest BCUT2D eigenvalue weighted by Crippen LogP contribution is 2.27. The lowest BCUT2D eigenvalue weighted by molar-refractivity contribution is 0.0692. The molecule has 1 N–H and O–H groups in total. The molecule has 0 unspecified atom stereocenters. The van der Waals surface area contributed by atoms with Crippen molar-refractivity contribution in [1.82, 2.24) is 4.98 Å². The van der Waals surface area contributed by atoms with Crippen LogP contribution < -0.4 is 0 Å². The number of carboxylic acids is 1. The van der Waals surface area contributed by atoms with Gasteiger partial charge in [-0.25, -0.2) is 9.78 Å². The fourth-order valence-corrected chi connectivity index (χ4v) is 3.24. The molecule has 0 aliphatic carbocycles. The molecule has 30 heavy (non-hydrogen) atoms. The maximum Gasteiger partial charge on any atom is 0.336 e. The van der Waals surface area contributed by atoms with E-state index < -0.39 is 5.97 Å². The van der Waals surface area contributed by atoms with E-state index in [1.54, 1.807) is 42.5 Å². The molecule has 0 amide bonds. The molecule has 6 nitrogen and oxygen atoms in total. The van der Waals surface area contributed by atoms with Crippen molar-refractivity contribution >= 4 is 23.3 Å². The van der Waals surface area contributed by atoms with E-state index in [0.29, 0.717) is 33.6 Å². The number of benzene rings is 2. The van der Waals surface area contributed by atoms with E-state index in [1.165, 1.54) is 32.9 Å². The van der Waals surface area contributed by atoms with Crippen LogP contribution in [0.2, 0.25) is 0 Å². The molecular weight excluding hydrogens is 382 g/mol. The number of aromatic nitrogens is 1. The summed E-state index contributed by atoms with van der Waals surface area (Å²) in [6, 6.07) is 14.8. The molecule has 0 aliphatic rings. The van der Waals surface area contributed by atoms with Crippen molar-refractivity contribution in [1.29, 1.82) is 0 Å². The number of carbonyl (C=O) groups is 4. The number of aromatic carboxylic acids is 1. The molecule has 0 radical (unpaired) electrons. The van der Waals surface area contributed by atoms with Gasteiger partial charge in [0, 0.05) is 27.8 Å². The lowest BCUT2D eigenvalue weighted by atomic mass is 9.96. The average molecular weight is 401 g/mol. The van der Waals surface area contributed by atoms with E-state index in [2.05, 4.69) is 4.98 Å². The van der Waals surface area contributed by atoms with Crippen LogP contribution in [-0.2, 0) is 0 Å². The minimum Gasteiger partial charge on any atom is -0.478 e. The number of hydrogen-bond acceptors (Lipinski definition) is 5. The summed E-state index contributed by atoms with van der Waals surface area (Å²) in [5.41, 5.74) is 3.13. The number of carbonyl (C=O) groups excluding carboxylic acids is 3. The second-order valence-electron chi connectivity index (χ2n) is 6.90. The number of carboxylic acid groups (broad SMARTS) is 1. The molecule has 1 heterocycles. The van der Waals surface area contributed by atoms with Gasteiger partial charge in [0.05, 0.1) is 17.0 Å². The molecule has 0 saturated heterocycles. The van der Waals surface area contributed by atoms with E-state index in [4.69, 9.17) is 0 Å². The molecule has 0 spiro atoms. The molecule has 3 aromatic rings. The lowest BCUT2D eigenvalue weighted by Crippen LogP contribution is -2.06. The number of pyridine rings is 1. The number of ketones is 3. The highest BCUT2D eigenvalue weighted by atomic mass is 16.4. The van der Waals surface area contributed by atoms with Crippen molar-refractivity contribution in [3.05, 3.63) is 76.9 Å². The fraction of sp³-hybridized carbons (Fsp3) is 0.125. The van der Waals surface area contributed by atoms with Crippen molar-refractivity contribution in [2.45, 2.75) is 20.8 Å². The highest BCUT2D eigenvalue weighted by molar-refractivity contribution is 6.08. The van der Waals surface area contributed by atoms with Crippen LogP contribution in [0.5, 0.6) is 0 Å². The van der Waals surface area contributed by atoms with E-state index >= 15 is 0 Å². The third-order valence-electron chi connectivity index (χ3n) is 4.75. The summed E-state index contributed by atoms with van der Waals surface area (Å²) in [4.78, 5) is 51.6. The first-order chi connectivity index (χ1) is 14.2. The molecule has 0 bridgehead atoms. The maximum atomic E-state index is 12.0. The third-order valence-corrected chi connectivity index (χ3v) is 4.75. The first kappa shape index (κ1) is 20.8. The maximum absolute atomic E-state index is 12.0. The molecule has 0 aliphatic heterocycles. The number of Topliss-reactive ketones (excluding diaryl/α,β-unsaturated/α-hetero) is 3. The van der Waals surface area contributed by atoms with Gasteiger partial charge < -0.3 is 5.11 Å². The Morgan fingerprint density at radius 2 is 1.07 bits per heavy atom. The summed E-state index contributed by atoms with van der Waals surface area (Å²) in [6.07, 6.45) is 0. The Morgan fingerprint density at radius 3 is 1.50 bits per heavy atom. The minimum absolute atomic E-state index is 0.0617. The Morgan fingerprint density at radius 1 is 0.633 bits per heavy atom. The summed E-state index contributed by atoms with van der Waals surface area (Å²) in [5.74, 6) is -1.93. The summed E-state index contributed by atoms with van der Waals surface area (Å²) >= 11 is 0. The SMILES string of the molecule is CC(=O)c1ccc(-c2cccc(-c3ccc(C(=O)O)c(C(C)=O)c3)n2)cc1C(C)=O. The highest BCUT2D eigenvalue weighted by Gasteiger charge is 2.16. The van der Waals surface area contributed by atoms with Crippen LogP contribution in [0.25, 0.3) is 22.5 Å². The zero-order valence-corrected chi connectivity index (χ0v) is 16.7. The zero-order valence-electron chi connectivity index (χ0n) is 16.7. The summed E-state index contributed by atoms with van der Waals surface area (Å²) in [5, 5.41) is 9.28. The molecule has 3 rings (SSSR count).